The second-order valence-corrected chi connectivity index (χ2v) is 4.61. The van der Waals surface area contributed by atoms with Gasteiger partial charge in [0.25, 0.3) is 0 Å². The number of thiocarbonyl (C=S) groups is 1. The molecule has 0 heterocycles. The van der Waals surface area contributed by atoms with Crippen LogP contribution in [-0.2, 0) is 9.53 Å². The van der Waals surface area contributed by atoms with Gasteiger partial charge in [0, 0.05) is 5.56 Å². The van der Waals surface area contributed by atoms with Crippen LogP contribution in [0.5, 0.6) is 5.75 Å². The maximum atomic E-state index is 11.4. The number of ether oxygens (including phenoxy) is 2. The second kappa shape index (κ2) is 6.35. The molecule has 0 fully saturated rings. The first-order chi connectivity index (χ1) is 8.40. The van der Waals surface area contributed by atoms with E-state index in [1.807, 2.05) is 19.1 Å². The molecule has 1 rings (SSSR count). The highest BCUT2D eigenvalue weighted by Gasteiger charge is 2.09. The van der Waals surface area contributed by atoms with Crippen LogP contribution in [0.25, 0.3) is 0 Å². The summed E-state index contributed by atoms with van der Waals surface area (Å²) in [6, 6.07) is 5.38. The monoisotopic (exact) mass is 267 g/mol. The Morgan fingerprint density at radius 3 is 2.67 bits per heavy atom. The van der Waals surface area contributed by atoms with Crippen molar-refractivity contribution in [3.05, 3.63) is 29.3 Å². The molecule has 1 aromatic rings. The number of nitrogens with two attached hydrogens (primary N) is 1. The molecule has 5 heteroatoms. The molecule has 0 atom stereocenters. The van der Waals surface area contributed by atoms with Crippen LogP contribution in [0, 0.1) is 6.92 Å². The molecule has 0 amide bonds. The summed E-state index contributed by atoms with van der Waals surface area (Å²) in [6.07, 6.45) is -0.148. The van der Waals surface area contributed by atoms with Gasteiger partial charge in [-0.15, -0.1) is 0 Å². The lowest BCUT2D eigenvalue weighted by Gasteiger charge is -2.11. The number of aryl methyl sites for hydroxylation is 1. The normalized spacial score (nSPS) is 10.2. The highest BCUT2D eigenvalue weighted by atomic mass is 32.1. The SMILES string of the molecule is Cc1ccc(C(N)=S)cc1OCC(=O)OC(C)C. The lowest BCUT2D eigenvalue weighted by atomic mass is 10.1. The van der Waals surface area contributed by atoms with E-state index in [-0.39, 0.29) is 12.7 Å². The molecular weight excluding hydrogens is 250 g/mol. The third-order valence-corrected chi connectivity index (χ3v) is 2.42. The van der Waals surface area contributed by atoms with E-state index in [1.54, 1.807) is 19.9 Å². The second-order valence-electron chi connectivity index (χ2n) is 4.17. The van der Waals surface area contributed by atoms with Gasteiger partial charge in [0.1, 0.15) is 10.7 Å². The lowest BCUT2D eigenvalue weighted by Crippen LogP contribution is -2.19. The van der Waals surface area contributed by atoms with Crippen molar-refractivity contribution in [2.75, 3.05) is 6.61 Å². The van der Waals surface area contributed by atoms with Crippen molar-refractivity contribution >= 4 is 23.2 Å². The molecule has 0 unspecified atom stereocenters. The molecule has 0 saturated heterocycles. The van der Waals surface area contributed by atoms with Gasteiger partial charge >= 0.3 is 5.97 Å². The van der Waals surface area contributed by atoms with E-state index in [2.05, 4.69) is 0 Å². The Bertz CT molecular complexity index is 458. The van der Waals surface area contributed by atoms with Crippen molar-refractivity contribution in [2.45, 2.75) is 26.9 Å². The standard InChI is InChI=1S/C13H17NO3S/c1-8(2)17-12(15)7-16-11-6-10(13(14)18)5-4-9(11)3/h4-6,8H,7H2,1-3H3,(H2,14,18). The van der Waals surface area contributed by atoms with Gasteiger partial charge < -0.3 is 15.2 Å². The minimum absolute atomic E-state index is 0.125. The fourth-order valence-corrected chi connectivity index (χ4v) is 1.47. The van der Waals surface area contributed by atoms with Crippen molar-refractivity contribution in [1.82, 2.24) is 0 Å². The predicted octanol–water partition coefficient (Wildman–Crippen LogP) is 1.96. The van der Waals surface area contributed by atoms with E-state index >= 15 is 0 Å². The average molecular weight is 267 g/mol. The van der Waals surface area contributed by atoms with Crippen LogP contribution in [0.2, 0.25) is 0 Å². The lowest BCUT2D eigenvalue weighted by molar-refractivity contribution is -0.149. The number of benzene rings is 1. The molecule has 2 N–H and O–H groups in total. The van der Waals surface area contributed by atoms with Gasteiger partial charge in [0.05, 0.1) is 6.10 Å². The Labute approximate surface area is 112 Å². The van der Waals surface area contributed by atoms with Gasteiger partial charge in [-0.3, -0.25) is 0 Å². The number of hydrogen-bond acceptors (Lipinski definition) is 4. The third-order valence-electron chi connectivity index (χ3n) is 2.19. The van der Waals surface area contributed by atoms with Crippen LogP contribution in [0.1, 0.15) is 25.0 Å². The van der Waals surface area contributed by atoms with Gasteiger partial charge in [-0.2, -0.15) is 0 Å². The molecule has 0 saturated carbocycles. The molecule has 98 valence electrons. The molecular formula is C13H17NO3S. The van der Waals surface area contributed by atoms with Crippen LogP contribution in [-0.4, -0.2) is 23.7 Å². The minimum atomic E-state index is -0.398. The molecule has 0 aliphatic rings. The Morgan fingerprint density at radius 1 is 1.44 bits per heavy atom. The van der Waals surface area contributed by atoms with E-state index in [1.165, 1.54) is 0 Å². The van der Waals surface area contributed by atoms with Crippen molar-refractivity contribution < 1.29 is 14.3 Å². The molecule has 0 radical (unpaired) electrons. The summed E-state index contributed by atoms with van der Waals surface area (Å²) in [5.41, 5.74) is 7.16. The number of hydrogen-bond donors (Lipinski definition) is 1. The number of carbonyl (C=O) groups is 1. The van der Waals surface area contributed by atoms with Crippen LogP contribution < -0.4 is 10.5 Å². The van der Waals surface area contributed by atoms with Crippen molar-refractivity contribution in [3.63, 3.8) is 0 Å². The number of carbonyl (C=O) groups excluding carboxylic acids is 1. The Morgan fingerprint density at radius 2 is 2.11 bits per heavy atom. The van der Waals surface area contributed by atoms with E-state index in [0.717, 1.165) is 5.56 Å². The fraction of sp³-hybridized carbons (Fsp3) is 0.385. The van der Waals surface area contributed by atoms with Crippen LogP contribution in [0.4, 0.5) is 0 Å². The van der Waals surface area contributed by atoms with Crippen LogP contribution in [0.3, 0.4) is 0 Å². The first-order valence-electron chi connectivity index (χ1n) is 5.63. The highest BCUT2D eigenvalue weighted by Crippen LogP contribution is 2.19. The van der Waals surface area contributed by atoms with E-state index in [4.69, 9.17) is 27.4 Å². The third kappa shape index (κ3) is 4.33. The molecule has 18 heavy (non-hydrogen) atoms. The van der Waals surface area contributed by atoms with Crippen molar-refractivity contribution in [2.24, 2.45) is 5.73 Å². The van der Waals surface area contributed by atoms with Gasteiger partial charge in [-0.25, -0.2) is 4.79 Å². The average Bonchev–Trinajstić information content (AvgIpc) is 2.26. The molecule has 0 bridgehead atoms. The summed E-state index contributed by atoms with van der Waals surface area (Å²) in [7, 11) is 0. The van der Waals surface area contributed by atoms with Gasteiger partial charge in [0.2, 0.25) is 0 Å². The van der Waals surface area contributed by atoms with Crippen LogP contribution in [0.15, 0.2) is 18.2 Å². The smallest absolute Gasteiger partial charge is 0.344 e. The fourth-order valence-electron chi connectivity index (χ4n) is 1.34. The Kier molecular flexibility index (Phi) is 5.09. The van der Waals surface area contributed by atoms with Crippen LogP contribution >= 0.6 is 12.2 Å². The van der Waals surface area contributed by atoms with Gasteiger partial charge in [0.15, 0.2) is 6.61 Å². The summed E-state index contributed by atoms with van der Waals surface area (Å²) < 4.78 is 10.4. The molecule has 0 aromatic heterocycles. The summed E-state index contributed by atoms with van der Waals surface area (Å²) in [5, 5.41) is 0. The predicted molar refractivity (Wildman–Crippen MR) is 73.8 cm³/mol. The zero-order valence-electron chi connectivity index (χ0n) is 10.7. The van der Waals surface area contributed by atoms with Crippen molar-refractivity contribution in [3.8, 4) is 5.75 Å². The zero-order valence-corrected chi connectivity index (χ0v) is 11.5. The quantitative estimate of drug-likeness (QED) is 0.652. The summed E-state index contributed by atoms with van der Waals surface area (Å²) in [6.45, 7) is 5.33. The first-order valence-corrected chi connectivity index (χ1v) is 6.03. The first kappa shape index (κ1) is 14.4. The molecule has 4 nitrogen and oxygen atoms in total. The van der Waals surface area contributed by atoms with E-state index in [9.17, 15) is 4.79 Å². The number of esters is 1. The largest absolute Gasteiger partial charge is 0.482 e. The summed E-state index contributed by atoms with van der Waals surface area (Å²) in [4.78, 5) is 11.7. The number of rotatable bonds is 5. The van der Waals surface area contributed by atoms with Crippen molar-refractivity contribution in [1.29, 1.82) is 0 Å². The summed E-state index contributed by atoms with van der Waals surface area (Å²) in [5.74, 6) is 0.186. The highest BCUT2D eigenvalue weighted by molar-refractivity contribution is 7.80. The molecule has 0 spiro atoms. The molecule has 1 aromatic carbocycles. The molecule has 0 aliphatic heterocycles. The van der Waals surface area contributed by atoms with Gasteiger partial charge in [-0.05, 0) is 32.4 Å². The molecule has 0 aliphatic carbocycles. The maximum Gasteiger partial charge on any atom is 0.344 e. The Hall–Kier alpha value is -1.62. The minimum Gasteiger partial charge on any atom is -0.482 e. The van der Waals surface area contributed by atoms with E-state index in [0.29, 0.717) is 16.3 Å². The van der Waals surface area contributed by atoms with Gasteiger partial charge in [-0.1, -0.05) is 24.4 Å². The van der Waals surface area contributed by atoms with E-state index < -0.39 is 5.97 Å². The zero-order chi connectivity index (χ0) is 13.7. The maximum absolute atomic E-state index is 11.4. The topological polar surface area (TPSA) is 61.5 Å². The summed E-state index contributed by atoms with van der Waals surface area (Å²) >= 11 is 4.89. The Balaban J connectivity index is 2.69.